The summed E-state index contributed by atoms with van der Waals surface area (Å²) in [5.74, 6) is 0.0793. The molecule has 0 saturated carbocycles. The lowest BCUT2D eigenvalue weighted by molar-refractivity contribution is 0.0180. The number of halogens is 1. The van der Waals surface area contributed by atoms with Gasteiger partial charge in [-0.05, 0) is 12.1 Å². The number of hydrogen-bond donors (Lipinski definition) is 1. The average molecular weight is 273 g/mol. The maximum atomic E-state index is 12.9. The van der Waals surface area contributed by atoms with Crippen molar-refractivity contribution in [3.63, 3.8) is 0 Å². The second-order valence-electron chi connectivity index (χ2n) is 3.75. The summed E-state index contributed by atoms with van der Waals surface area (Å²) in [6.45, 7) is 2.97. The summed E-state index contributed by atoms with van der Waals surface area (Å²) >= 11 is 0. The molecule has 19 heavy (non-hydrogen) atoms. The van der Waals surface area contributed by atoms with Crippen molar-refractivity contribution in [2.45, 2.75) is 0 Å². The molecule has 0 amide bonds. The number of nitrogens with two attached hydrogens (primary N) is 1. The molecule has 0 saturated heterocycles. The van der Waals surface area contributed by atoms with Gasteiger partial charge in [0.1, 0.15) is 18.2 Å². The quantitative estimate of drug-likeness (QED) is 0.516. The molecule has 0 aliphatic heterocycles. The molecule has 0 fully saturated rings. The molecule has 0 aliphatic rings. The molecular formula is C13H20FNO4. The third-order valence-corrected chi connectivity index (χ3v) is 2.27. The summed E-state index contributed by atoms with van der Waals surface area (Å²) in [6.07, 6.45) is 0. The van der Waals surface area contributed by atoms with Gasteiger partial charge in [0.05, 0.1) is 38.7 Å². The summed E-state index contributed by atoms with van der Waals surface area (Å²) in [4.78, 5) is 0. The van der Waals surface area contributed by atoms with Crippen molar-refractivity contribution in [2.24, 2.45) is 0 Å². The number of anilines is 1. The molecule has 5 nitrogen and oxygen atoms in total. The SMILES string of the molecule is COCCOCCOCCOc1ccc(F)c(N)c1. The summed E-state index contributed by atoms with van der Waals surface area (Å²) in [6, 6.07) is 4.25. The van der Waals surface area contributed by atoms with Crippen molar-refractivity contribution in [1.82, 2.24) is 0 Å². The van der Waals surface area contributed by atoms with E-state index in [1.165, 1.54) is 18.2 Å². The van der Waals surface area contributed by atoms with Crippen molar-refractivity contribution in [2.75, 3.05) is 52.5 Å². The molecule has 0 atom stereocenters. The fraction of sp³-hybridized carbons (Fsp3) is 0.538. The molecule has 2 N–H and O–H groups in total. The molecule has 0 aliphatic carbocycles. The van der Waals surface area contributed by atoms with E-state index >= 15 is 0 Å². The van der Waals surface area contributed by atoms with Gasteiger partial charge in [0.25, 0.3) is 0 Å². The Hall–Kier alpha value is -1.37. The molecule has 1 aromatic rings. The first kappa shape index (κ1) is 15.7. The van der Waals surface area contributed by atoms with Crippen LogP contribution in [0.5, 0.6) is 5.75 Å². The van der Waals surface area contributed by atoms with Crippen LogP contribution in [0.1, 0.15) is 0 Å². The first-order valence-electron chi connectivity index (χ1n) is 6.06. The monoisotopic (exact) mass is 273 g/mol. The lowest BCUT2D eigenvalue weighted by Crippen LogP contribution is -2.12. The van der Waals surface area contributed by atoms with Gasteiger partial charge in [-0.3, -0.25) is 0 Å². The second kappa shape index (κ2) is 9.55. The maximum Gasteiger partial charge on any atom is 0.146 e. The Labute approximate surface area is 112 Å². The van der Waals surface area contributed by atoms with Gasteiger partial charge >= 0.3 is 0 Å². The van der Waals surface area contributed by atoms with E-state index < -0.39 is 5.82 Å². The van der Waals surface area contributed by atoms with Crippen LogP contribution in [0.3, 0.4) is 0 Å². The smallest absolute Gasteiger partial charge is 0.146 e. The third-order valence-electron chi connectivity index (χ3n) is 2.27. The van der Waals surface area contributed by atoms with Gasteiger partial charge in [0.2, 0.25) is 0 Å². The fourth-order valence-corrected chi connectivity index (χ4v) is 1.29. The molecule has 1 rings (SSSR count). The molecule has 0 radical (unpaired) electrons. The third kappa shape index (κ3) is 6.95. The lowest BCUT2D eigenvalue weighted by atomic mass is 10.3. The van der Waals surface area contributed by atoms with Crippen molar-refractivity contribution in [3.8, 4) is 5.75 Å². The predicted molar refractivity (Wildman–Crippen MR) is 69.8 cm³/mol. The van der Waals surface area contributed by atoms with Crippen molar-refractivity contribution < 1.29 is 23.3 Å². The summed E-state index contributed by atoms with van der Waals surface area (Å²) in [7, 11) is 1.62. The van der Waals surface area contributed by atoms with Crippen LogP contribution in [0.4, 0.5) is 10.1 Å². The zero-order valence-corrected chi connectivity index (χ0v) is 11.1. The van der Waals surface area contributed by atoms with Crippen LogP contribution >= 0.6 is 0 Å². The number of nitrogen functional groups attached to an aromatic ring is 1. The van der Waals surface area contributed by atoms with E-state index in [0.29, 0.717) is 45.4 Å². The largest absolute Gasteiger partial charge is 0.491 e. The van der Waals surface area contributed by atoms with Gasteiger partial charge in [-0.1, -0.05) is 0 Å². The Bertz CT molecular complexity index is 362. The van der Waals surface area contributed by atoms with Crippen LogP contribution in [0.25, 0.3) is 0 Å². The van der Waals surface area contributed by atoms with Crippen molar-refractivity contribution in [3.05, 3.63) is 24.0 Å². The minimum absolute atomic E-state index is 0.0740. The second-order valence-corrected chi connectivity index (χ2v) is 3.75. The summed E-state index contributed by atoms with van der Waals surface area (Å²) < 4.78 is 33.6. The Morgan fingerprint density at radius 2 is 1.63 bits per heavy atom. The van der Waals surface area contributed by atoms with E-state index in [0.717, 1.165) is 0 Å². The summed E-state index contributed by atoms with van der Waals surface area (Å²) in [5.41, 5.74) is 5.49. The molecule has 0 spiro atoms. The van der Waals surface area contributed by atoms with E-state index in [-0.39, 0.29) is 5.69 Å². The number of ether oxygens (including phenoxy) is 4. The molecule has 0 bridgehead atoms. The molecule has 1 aromatic carbocycles. The van der Waals surface area contributed by atoms with E-state index in [1.54, 1.807) is 7.11 Å². The standard InChI is InChI=1S/C13H20FNO4/c1-16-4-5-17-6-7-18-8-9-19-11-2-3-12(14)13(15)10-11/h2-3,10H,4-9,15H2,1H3. The molecule has 0 heterocycles. The van der Waals surface area contributed by atoms with Crippen LogP contribution in [0, 0.1) is 5.82 Å². The summed E-state index contributed by atoms with van der Waals surface area (Å²) in [5, 5.41) is 0. The molecule has 0 unspecified atom stereocenters. The van der Waals surface area contributed by atoms with Crippen LogP contribution in [0.15, 0.2) is 18.2 Å². The lowest BCUT2D eigenvalue weighted by Gasteiger charge is -2.08. The minimum atomic E-state index is -0.447. The Balaban J connectivity index is 2.00. The van der Waals surface area contributed by atoms with E-state index in [4.69, 9.17) is 24.7 Å². The Morgan fingerprint density at radius 3 is 2.26 bits per heavy atom. The highest BCUT2D eigenvalue weighted by Crippen LogP contribution is 2.18. The number of rotatable bonds is 10. The number of hydrogen-bond acceptors (Lipinski definition) is 5. The maximum absolute atomic E-state index is 12.9. The van der Waals surface area contributed by atoms with Crippen LogP contribution in [-0.2, 0) is 14.2 Å². The van der Waals surface area contributed by atoms with Crippen LogP contribution < -0.4 is 10.5 Å². The highest BCUT2D eigenvalue weighted by molar-refractivity contribution is 5.45. The first-order valence-corrected chi connectivity index (χ1v) is 6.06. The van der Waals surface area contributed by atoms with Crippen LogP contribution in [-0.4, -0.2) is 46.8 Å². The van der Waals surface area contributed by atoms with Crippen molar-refractivity contribution in [1.29, 1.82) is 0 Å². The van der Waals surface area contributed by atoms with Crippen LogP contribution in [0.2, 0.25) is 0 Å². The van der Waals surface area contributed by atoms with E-state index in [9.17, 15) is 4.39 Å². The molecule has 108 valence electrons. The fourth-order valence-electron chi connectivity index (χ4n) is 1.29. The topological polar surface area (TPSA) is 62.9 Å². The normalized spacial score (nSPS) is 10.6. The van der Waals surface area contributed by atoms with Gasteiger partial charge in [-0.2, -0.15) is 0 Å². The molecular weight excluding hydrogens is 253 g/mol. The predicted octanol–water partition coefficient (Wildman–Crippen LogP) is 1.47. The Morgan fingerprint density at radius 1 is 1.00 bits per heavy atom. The molecule has 0 aromatic heterocycles. The number of methoxy groups -OCH3 is 1. The van der Waals surface area contributed by atoms with Gasteiger partial charge in [-0.15, -0.1) is 0 Å². The van der Waals surface area contributed by atoms with Gasteiger partial charge in [0, 0.05) is 13.2 Å². The van der Waals surface area contributed by atoms with E-state index in [1.807, 2.05) is 0 Å². The van der Waals surface area contributed by atoms with Gasteiger partial charge < -0.3 is 24.7 Å². The minimum Gasteiger partial charge on any atom is -0.491 e. The van der Waals surface area contributed by atoms with Gasteiger partial charge in [-0.25, -0.2) is 4.39 Å². The van der Waals surface area contributed by atoms with Crippen molar-refractivity contribution >= 4 is 5.69 Å². The van der Waals surface area contributed by atoms with Gasteiger partial charge in [0.15, 0.2) is 0 Å². The number of benzene rings is 1. The zero-order valence-electron chi connectivity index (χ0n) is 11.1. The van der Waals surface area contributed by atoms with E-state index in [2.05, 4.69) is 0 Å². The molecule has 6 heteroatoms. The zero-order chi connectivity index (χ0) is 13.9. The highest BCUT2D eigenvalue weighted by atomic mass is 19.1. The Kier molecular flexibility index (Phi) is 7.88. The average Bonchev–Trinajstić information content (AvgIpc) is 2.41. The highest BCUT2D eigenvalue weighted by Gasteiger charge is 2.00. The first-order chi connectivity index (χ1) is 9.24.